The Balaban J connectivity index is 1.58. The van der Waals surface area contributed by atoms with E-state index in [-0.39, 0.29) is 12.2 Å². The quantitative estimate of drug-likeness (QED) is 0.548. The maximum atomic E-state index is 13.6. The molecule has 1 fully saturated rings. The van der Waals surface area contributed by atoms with Gasteiger partial charge in [0.25, 0.3) is 0 Å². The molecule has 2 aromatic carbocycles. The van der Waals surface area contributed by atoms with Gasteiger partial charge in [-0.25, -0.2) is 0 Å². The molecular formula is C25H29N3O3. The number of aliphatic carboxylic acids is 1. The van der Waals surface area contributed by atoms with Gasteiger partial charge in [-0.05, 0) is 48.8 Å². The Morgan fingerprint density at radius 2 is 1.81 bits per heavy atom. The van der Waals surface area contributed by atoms with Crippen molar-refractivity contribution in [1.29, 1.82) is 0 Å². The van der Waals surface area contributed by atoms with Crippen molar-refractivity contribution in [3.05, 3.63) is 70.8 Å². The highest BCUT2D eigenvalue weighted by atomic mass is 16.4. The number of nitrogens with zero attached hydrogens (tertiary/aromatic N) is 2. The second-order valence-corrected chi connectivity index (χ2v) is 8.61. The van der Waals surface area contributed by atoms with E-state index in [0.717, 1.165) is 29.8 Å². The molecule has 3 N–H and O–H groups in total. The fourth-order valence-electron chi connectivity index (χ4n) is 4.83. The number of nitrogens with two attached hydrogens (primary N) is 1. The minimum absolute atomic E-state index is 0.198. The van der Waals surface area contributed by atoms with Crippen LogP contribution in [0.25, 0.3) is 0 Å². The lowest BCUT2D eigenvalue weighted by Gasteiger charge is -2.41. The SMILES string of the molecule is NC1c2ccccc2CCC1(CC(=O)O)C(=O)c1ccc(C=NN2CCCCC2)cc1. The van der Waals surface area contributed by atoms with Crippen LogP contribution in [0.4, 0.5) is 0 Å². The summed E-state index contributed by atoms with van der Waals surface area (Å²) in [4.78, 5) is 25.3. The van der Waals surface area contributed by atoms with Crippen molar-refractivity contribution >= 4 is 18.0 Å². The molecule has 0 bridgehead atoms. The monoisotopic (exact) mass is 419 g/mol. The molecule has 2 aliphatic rings. The maximum absolute atomic E-state index is 13.6. The minimum atomic E-state index is -1.15. The number of carboxylic acid groups (broad SMARTS) is 1. The van der Waals surface area contributed by atoms with Crippen LogP contribution in [0.2, 0.25) is 0 Å². The minimum Gasteiger partial charge on any atom is -0.481 e. The van der Waals surface area contributed by atoms with Gasteiger partial charge in [-0.15, -0.1) is 0 Å². The Bertz CT molecular complexity index is 980. The average Bonchev–Trinajstić information content (AvgIpc) is 2.80. The lowest BCUT2D eigenvalue weighted by atomic mass is 9.63. The van der Waals surface area contributed by atoms with Crippen molar-refractivity contribution < 1.29 is 14.7 Å². The number of hydrazone groups is 1. The molecule has 0 radical (unpaired) electrons. The van der Waals surface area contributed by atoms with E-state index < -0.39 is 17.4 Å². The second-order valence-electron chi connectivity index (χ2n) is 8.61. The van der Waals surface area contributed by atoms with Gasteiger partial charge in [-0.3, -0.25) is 14.6 Å². The Hall–Kier alpha value is -2.99. The zero-order valence-electron chi connectivity index (χ0n) is 17.7. The summed E-state index contributed by atoms with van der Waals surface area (Å²) in [6, 6.07) is 14.3. The fourth-order valence-corrected chi connectivity index (χ4v) is 4.83. The van der Waals surface area contributed by atoms with Gasteiger partial charge < -0.3 is 10.8 Å². The lowest BCUT2D eigenvalue weighted by molar-refractivity contribution is -0.139. The van der Waals surface area contributed by atoms with Crippen molar-refractivity contribution in [3.8, 4) is 0 Å². The molecule has 162 valence electrons. The van der Waals surface area contributed by atoms with Crippen molar-refractivity contribution in [2.24, 2.45) is 16.3 Å². The number of aryl methyl sites for hydroxylation is 1. The predicted octanol–water partition coefficient (Wildman–Crippen LogP) is 3.80. The van der Waals surface area contributed by atoms with Gasteiger partial charge >= 0.3 is 5.97 Å². The second kappa shape index (κ2) is 9.02. The summed E-state index contributed by atoms with van der Waals surface area (Å²) in [6.45, 7) is 1.95. The van der Waals surface area contributed by atoms with Crippen LogP contribution in [0.1, 0.15) is 65.2 Å². The zero-order chi connectivity index (χ0) is 21.8. The van der Waals surface area contributed by atoms with Crippen LogP contribution in [-0.4, -0.2) is 41.2 Å². The smallest absolute Gasteiger partial charge is 0.304 e. The Kier molecular flexibility index (Phi) is 6.18. The normalized spacial score (nSPS) is 23.5. The number of hydrogen-bond acceptors (Lipinski definition) is 5. The number of carbonyl (C=O) groups excluding carboxylic acids is 1. The Morgan fingerprint density at radius 3 is 2.52 bits per heavy atom. The first kappa shape index (κ1) is 21.2. The summed E-state index contributed by atoms with van der Waals surface area (Å²) in [7, 11) is 0. The molecule has 2 atom stereocenters. The van der Waals surface area contributed by atoms with E-state index in [0.29, 0.717) is 18.4 Å². The van der Waals surface area contributed by atoms with Crippen LogP contribution in [0.5, 0.6) is 0 Å². The molecule has 4 rings (SSSR count). The molecule has 1 saturated heterocycles. The van der Waals surface area contributed by atoms with Gasteiger partial charge in [0.15, 0.2) is 5.78 Å². The van der Waals surface area contributed by atoms with Crippen LogP contribution in [0, 0.1) is 5.41 Å². The van der Waals surface area contributed by atoms with Crippen molar-refractivity contribution in [3.63, 3.8) is 0 Å². The first-order valence-corrected chi connectivity index (χ1v) is 11.0. The molecule has 0 saturated carbocycles. The molecule has 6 nitrogen and oxygen atoms in total. The first-order chi connectivity index (χ1) is 15.0. The summed E-state index contributed by atoms with van der Waals surface area (Å²) in [5.74, 6) is -1.20. The molecule has 31 heavy (non-hydrogen) atoms. The van der Waals surface area contributed by atoms with Crippen LogP contribution in [-0.2, 0) is 11.2 Å². The number of rotatable bonds is 6. The number of carbonyl (C=O) groups is 2. The number of benzene rings is 2. The standard InChI is InChI=1S/C25H29N3O3/c26-23-21-7-3-2-6-19(21)12-13-25(23,16-22(29)30)24(31)20-10-8-18(9-11-20)17-27-28-14-4-1-5-15-28/h2-3,6-11,17,23H,1,4-5,12-16,26H2,(H,29,30). The fraction of sp³-hybridized carbons (Fsp3) is 0.400. The van der Waals surface area contributed by atoms with Gasteiger partial charge in [0.05, 0.1) is 18.1 Å². The third-order valence-corrected chi connectivity index (χ3v) is 6.62. The summed E-state index contributed by atoms with van der Waals surface area (Å²) in [6.07, 6.45) is 6.19. The van der Waals surface area contributed by atoms with Crippen LogP contribution in [0.15, 0.2) is 53.6 Å². The van der Waals surface area contributed by atoms with E-state index in [9.17, 15) is 14.7 Å². The van der Waals surface area contributed by atoms with E-state index in [1.165, 1.54) is 19.3 Å². The molecule has 6 heteroatoms. The van der Waals surface area contributed by atoms with Crippen molar-refractivity contribution in [1.82, 2.24) is 5.01 Å². The Labute approximate surface area is 182 Å². The largest absolute Gasteiger partial charge is 0.481 e. The lowest BCUT2D eigenvalue weighted by Crippen LogP contribution is -2.46. The van der Waals surface area contributed by atoms with Gasteiger partial charge in [0.1, 0.15) is 0 Å². The van der Waals surface area contributed by atoms with E-state index in [4.69, 9.17) is 5.73 Å². The summed E-state index contributed by atoms with van der Waals surface area (Å²) < 4.78 is 0. The van der Waals surface area contributed by atoms with Crippen LogP contribution < -0.4 is 5.73 Å². The third kappa shape index (κ3) is 4.39. The number of Topliss-reactive ketones (excluding diaryl/α,β-unsaturated/α-hetero) is 1. The number of piperidine rings is 1. The molecule has 0 amide bonds. The molecule has 0 spiro atoms. The van der Waals surface area contributed by atoms with Crippen molar-refractivity contribution in [2.45, 2.75) is 44.6 Å². The zero-order valence-corrected chi connectivity index (χ0v) is 17.7. The number of carboxylic acids is 1. The highest BCUT2D eigenvalue weighted by Crippen LogP contribution is 2.47. The summed E-state index contributed by atoms with van der Waals surface area (Å²) in [5.41, 5.74) is 8.77. The first-order valence-electron chi connectivity index (χ1n) is 11.0. The van der Waals surface area contributed by atoms with Gasteiger partial charge in [-0.1, -0.05) is 48.5 Å². The van der Waals surface area contributed by atoms with E-state index in [1.807, 2.05) is 42.6 Å². The van der Waals surface area contributed by atoms with Gasteiger partial charge in [-0.2, -0.15) is 5.10 Å². The van der Waals surface area contributed by atoms with E-state index in [2.05, 4.69) is 10.1 Å². The average molecular weight is 420 g/mol. The highest BCUT2D eigenvalue weighted by Gasteiger charge is 2.48. The molecular weight excluding hydrogens is 390 g/mol. The molecule has 2 unspecified atom stereocenters. The summed E-state index contributed by atoms with van der Waals surface area (Å²) in [5, 5.41) is 16.2. The molecule has 1 aliphatic carbocycles. The molecule has 2 aromatic rings. The number of ketones is 1. The van der Waals surface area contributed by atoms with Crippen molar-refractivity contribution in [2.75, 3.05) is 13.1 Å². The van der Waals surface area contributed by atoms with Crippen LogP contribution in [0.3, 0.4) is 0 Å². The number of fused-ring (bicyclic) bond motifs is 1. The predicted molar refractivity (Wildman–Crippen MR) is 120 cm³/mol. The topological polar surface area (TPSA) is 96.0 Å². The highest BCUT2D eigenvalue weighted by molar-refractivity contribution is 6.03. The van der Waals surface area contributed by atoms with Crippen LogP contribution >= 0.6 is 0 Å². The Morgan fingerprint density at radius 1 is 1.10 bits per heavy atom. The number of hydrogen-bond donors (Lipinski definition) is 2. The van der Waals surface area contributed by atoms with Gasteiger partial charge in [0.2, 0.25) is 0 Å². The molecule has 1 aliphatic heterocycles. The van der Waals surface area contributed by atoms with E-state index >= 15 is 0 Å². The summed E-state index contributed by atoms with van der Waals surface area (Å²) >= 11 is 0. The van der Waals surface area contributed by atoms with E-state index in [1.54, 1.807) is 12.1 Å². The maximum Gasteiger partial charge on any atom is 0.304 e. The third-order valence-electron chi connectivity index (χ3n) is 6.62. The molecule has 1 heterocycles. The van der Waals surface area contributed by atoms with Gasteiger partial charge in [0, 0.05) is 24.7 Å². The molecule has 0 aromatic heterocycles.